The molecule has 2 aromatic carbocycles. The van der Waals surface area contributed by atoms with Crippen molar-refractivity contribution in [1.82, 2.24) is 9.88 Å². The Morgan fingerprint density at radius 2 is 1.93 bits per heavy atom. The first-order valence-corrected chi connectivity index (χ1v) is 11.4. The molecular weight excluding hydrogens is 486 g/mol. The molecule has 0 bridgehead atoms. The van der Waals surface area contributed by atoms with Crippen LogP contribution in [0.15, 0.2) is 40.9 Å². The van der Waals surface area contributed by atoms with Crippen molar-refractivity contribution in [3.63, 3.8) is 0 Å². The molecule has 1 amide bonds. The van der Waals surface area contributed by atoms with Crippen molar-refractivity contribution >= 4 is 60.9 Å². The van der Waals surface area contributed by atoms with Crippen LogP contribution < -0.4 is 4.90 Å². The zero-order valence-corrected chi connectivity index (χ0v) is 20.3. The van der Waals surface area contributed by atoms with Crippen LogP contribution in [0, 0.1) is 13.8 Å². The summed E-state index contributed by atoms with van der Waals surface area (Å²) in [6.07, 6.45) is 0. The lowest BCUT2D eigenvalue weighted by Crippen LogP contribution is -2.43. The largest absolute Gasteiger partial charge is 0.379 e. The van der Waals surface area contributed by atoms with Gasteiger partial charge >= 0.3 is 0 Å². The van der Waals surface area contributed by atoms with Gasteiger partial charge in [-0.05, 0) is 59.1 Å². The molecule has 1 aromatic heterocycles. The number of carbonyl (C=O) groups excluding carboxylic acids is 1. The molecule has 4 rings (SSSR count). The summed E-state index contributed by atoms with van der Waals surface area (Å²) in [7, 11) is 0. The molecule has 1 aliphatic heterocycles. The van der Waals surface area contributed by atoms with Crippen LogP contribution in [-0.4, -0.2) is 55.2 Å². The highest BCUT2D eigenvalue weighted by Gasteiger charge is 2.24. The highest BCUT2D eigenvalue weighted by molar-refractivity contribution is 9.10. The monoisotopic (exact) mass is 509 g/mol. The summed E-state index contributed by atoms with van der Waals surface area (Å²) in [5.41, 5.74) is 4.03. The number of aromatic nitrogens is 1. The van der Waals surface area contributed by atoms with Crippen LogP contribution in [0.4, 0.5) is 5.13 Å². The van der Waals surface area contributed by atoms with Gasteiger partial charge in [-0.1, -0.05) is 29.5 Å². The highest BCUT2D eigenvalue weighted by Crippen LogP contribution is 2.33. The van der Waals surface area contributed by atoms with E-state index in [1.807, 2.05) is 29.2 Å². The molecule has 0 atom stereocenters. The van der Waals surface area contributed by atoms with Gasteiger partial charge in [0, 0.05) is 30.7 Å². The normalized spacial score (nSPS) is 14.5. The maximum Gasteiger partial charge on any atom is 0.261 e. The third kappa shape index (κ3) is 4.86. The third-order valence-corrected chi connectivity index (χ3v) is 7.13. The number of carbonyl (C=O) groups is 1. The Kier molecular flexibility index (Phi) is 7.87. The number of nitrogens with zero attached hydrogens (tertiary/aromatic N) is 3. The van der Waals surface area contributed by atoms with Crippen molar-refractivity contribution in [1.29, 1.82) is 0 Å². The molecule has 0 aliphatic carbocycles. The molecule has 160 valence electrons. The molecule has 0 unspecified atom stereocenters. The van der Waals surface area contributed by atoms with Gasteiger partial charge in [-0.25, -0.2) is 4.98 Å². The molecule has 2 heterocycles. The fraction of sp³-hybridized carbons (Fsp3) is 0.364. The number of morpholine rings is 1. The molecule has 3 aromatic rings. The average molecular weight is 511 g/mol. The van der Waals surface area contributed by atoms with Crippen LogP contribution in [0.25, 0.3) is 10.2 Å². The fourth-order valence-corrected chi connectivity index (χ4v) is 4.96. The Hall–Kier alpha value is -1.51. The van der Waals surface area contributed by atoms with E-state index >= 15 is 0 Å². The number of amides is 1. The summed E-state index contributed by atoms with van der Waals surface area (Å²) in [4.78, 5) is 22.5. The van der Waals surface area contributed by atoms with E-state index in [0.717, 1.165) is 52.7 Å². The Morgan fingerprint density at radius 1 is 1.20 bits per heavy atom. The predicted octanol–water partition coefficient (Wildman–Crippen LogP) is 5.08. The van der Waals surface area contributed by atoms with Gasteiger partial charge in [0.1, 0.15) is 0 Å². The van der Waals surface area contributed by atoms with Crippen molar-refractivity contribution in [2.45, 2.75) is 13.8 Å². The first-order chi connectivity index (χ1) is 14.0. The summed E-state index contributed by atoms with van der Waals surface area (Å²) in [6.45, 7) is 8.87. The molecular formula is C22H25BrClN3O2S. The van der Waals surface area contributed by atoms with Crippen LogP contribution in [0.1, 0.15) is 21.5 Å². The van der Waals surface area contributed by atoms with E-state index < -0.39 is 0 Å². The lowest BCUT2D eigenvalue weighted by Gasteiger charge is -2.29. The maximum atomic E-state index is 13.5. The average Bonchev–Trinajstić information content (AvgIpc) is 3.17. The Bertz CT molecular complexity index is 1040. The van der Waals surface area contributed by atoms with Crippen LogP contribution in [0.2, 0.25) is 0 Å². The van der Waals surface area contributed by atoms with Gasteiger partial charge in [-0.3, -0.25) is 14.6 Å². The van der Waals surface area contributed by atoms with Crippen LogP contribution in [0.5, 0.6) is 0 Å². The van der Waals surface area contributed by atoms with E-state index in [9.17, 15) is 4.79 Å². The lowest BCUT2D eigenvalue weighted by molar-refractivity contribution is 0.0391. The minimum atomic E-state index is -0.0286. The molecule has 0 radical (unpaired) electrons. The van der Waals surface area contributed by atoms with E-state index in [0.29, 0.717) is 12.1 Å². The number of rotatable bonds is 5. The van der Waals surface area contributed by atoms with Gasteiger partial charge in [-0.15, -0.1) is 12.4 Å². The van der Waals surface area contributed by atoms with Crippen LogP contribution in [0.3, 0.4) is 0 Å². The first-order valence-electron chi connectivity index (χ1n) is 9.78. The number of benzene rings is 2. The molecule has 0 spiro atoms. The van der Waals surface area contributed by atoms with E-state index in [1.165, 1.54) is 11.1 Å². The second-order valence-corrected chi connectivity index (χ2v) is 9.10. The van der Waals surface area contributed by atoms with Gasteiger partial charge in [0.25, 0.3) is 5.91 Å². The number of hydrogen-bond acceptors (Lipinski definition) is 5. The minimum Gasteiger partial charge on any atom is -0.379 e. The molecule has 30 heavy (non-hydrogen) atoms. The summed E-state index contributed by atoms with van der Waals surface area (Å²) in [5, 5.41) is 0.753. The van der Waals surface area contributed by atoms with Crippen molar-refractivity contribution in [3.8, 4) is 0 Å². The number of anilines is 1. The van der Waals surface area contributed by atoms with Gasteiger partial charge in [0.2, 0.25) is 0 Å². The standard InChI is InChI=1S/C22H24BrN3O2S.ClH/c1-15-7-8-19-20(16(15)2)24-22(29-19)26(10-9-25-11-13-28-14-12-25)21(27)17-5-3-4-6-18(17)23;/h3-8H,9-14H2,1-2H3;1H. The van der Waals surface area contributed by atoms with Gasteiger partial charge in [0.15, 0.2) is 5.13 Å². The predicted molar refractivity (Wildman–Crippen MR) is 129 cm³/mol. The molecule has 0 saturated carbocycles. The van der Waals surface area contributed by atoms with Crippen LogP contribution in [-0.2, 0) is 4.74 Å². The van der Waals surface area contributed by atoms with Crippen molar-refractivity contribution in [2.24, 2.45) is 0 Å². The Morgan fingerprint density at radius 3 is 2.67 bits per heavy atom. The smallest absolute Gasteiger partial charge is 0.261 e. The zero-order chi connectivity index (χ0) is 20.4. The van der Waals surface area contributed by atoms with Crippen molar-refractivity contribution < 1.29 is 9.53 Å². The lowest BCUT2D eigenvalue weighted by atomic mass is 10.1. The number of thiazole rings is 1. The summed E-state index contributed by atoms with van der Waals surface area (Å²) in [6, 6.07) is 11.8. The summed E-state index contributed by atoms with van der Waals surface area (Å²) >= 11 is 5.11. The van der Waals surface area contributed by atoms with E-state index in [4.69, 9.17) is 9.72 Å². The second kappa shape index (κ2) is 10.2. The Labute approximate surface area is 195 Å². The van der Waals surface area contributed by atoms with E-state index in [-0.39, 0.29) is 18.3 Å². The molecule has 1 aliphatic rings. The molecule has 1 saturated heterocycles. The Balaban J connectivity index is 0.00000256. The maximum absolute atomic E-state index is 13.5. The number of aryl methyl sites for hydroxylation is 2. The molecule has 0 N–H and O–H groups in total. The van der Waals surface area contributed by atoms with Crippen LogP contribution >= 0.6 is 39.7 Å². The fourth-order valence-electron chi connectivity index (χ4n) is 3.46. The second-order valence-electron chi connectivity index (χ2n) is 7.24. The molecule has 5 nitrogen and oxygen atoms in total. The van der Waals surface area contributed by atoms with Gasteiger partial charge in [-0.2, -0.15) is 0 Å². The minimum absolute atomic E-state index is 0. The number of halogens is 2. The summed E-state index contributed by atoms with van der Waals surface area (Å²) < 4.78 is 7.36. The zero-order valence-electron chi connectivity index (χ0n) is 17.1. The molecule has 1 fully saturated rings. The molecule has 8 heteroatoms. The highest BCUT2D eigenvalue weighted by atomic mass is 79.9. The number of hydrogen-bond donors (Lipinski definition) is 0. The van der Waals surface area contributed by atoms with E-state index in [1.54, 1.807) is 11.3 Å². The van der Waals surface area contributed by atoms with E-state index in [2.05, 4.69) is 46.8 Å². The van der Waals surface area contributed by atoms with Gasteiger partial charge in [0.05, 0.1) is 29.0 Å². The van der Waals surface area contributed by atoms with Gasteiger partial charge < -0.3 is 4.74 Å². The van der Waals surface area contributed by atoms with Crippen molar-refractivity contribution in [3.05, 3.63) is 57.6 Å². The summed E-state index contributed by atoms with van der Waals surface area (Å²) in [5.74, 6) is -0.0286. The third-order valence-electron chi connectivity index (χ3n) is 5.40. The number of ether oxygens (including phenoxy) is 1. The SMILES string of the molecule is Cc1ccc2sc(N(CCN3CCOCC3)C(=O)c3ccccc3Br)nc2c1C.Cl. The van der Waals surface area contributed by atoms with Crippen molar-refractivity contribution in [2.75, 3.05) is 44.3 Å². The number of fused-ring (bicyclic) bond motifs is 1. The first kappa shape index (κ1) is 23.2. The quantitative estimate of drug-likeness (QED) is 0.480. The topological polar surface area (TPSA) is 45.7 Å².